The third-order valence-corrected chi connectivity index (χ3v) is 1.43. The van der Waals surface area contributed by atoms with Crippen molar-refractivity contribution in [1.29, 1.82) is 0 Å². The molecule has 0 fully saturated rings. The van der Waals surface area contributed by atoms with Crippen LogP contribution in [0.3, 0.4) is 0 Å². The molecule has 0 aliphatic rings. The van der Waals surface area contributed by atoms with Gasteiger partial charge in [0.05, 0.1) is 6.61 Å². The Balaban J connectivity index is 3.47. The van der Waals surface area contributed by atoms with Crippen LogP contribution >= 0.6 is 0 Å². The lowest BCUT2D eigenvalue weighted by atomic mass is 10.3. The number of nitrogens with one attached hydrogen (secondary N) is 1. The lowest BCUT2D eigenvalue weighted by Gasteiger charge is -2.06. The van der Waals surface area contributed by atoms with Gasteiger partial charge >= 0.3 is 12.1 Å². The minimum absolute atomic E-state index is 0.158. The molecule has 0 aromatic rings. The van der Waals surface area contributed by atoms with Gasteiger partial charge in [0, 0.05) is 18.7 Å². The van der Waals surface area contributed by atoms with E-state index in [1.807, 2.05) is 0 Å². The molecule has 0 rings (SSSR count). The van der Waals surface area contributed by atoms with Gasteiger partial charge < -0.3 is 20.5 Å². The van der Waals surface area contributed by atoms with Gasteiger partial charge in [0.1, 0.15) is 6.61 Å². The number of hydrogen-bond acceptors (Lipinski definition) is 5. The lowest BCUT2D eigenvalue weighted by Crippen LogP contribution is -2.27. The van der Waals surface area contributed by atoms with E-state index in [0.717, 1.165) is 0 Å². The number of esters is 1. The molecule has 15 heavy (non-hydrogen) atoms. The van der Waals surface area contributed by atoms with E-state index in [1.165, 1.54) is 0 Å². The molecule has 0 aliphatic heterocycles. The first kappa shape index (κ1) is 13.4. The molecule has 0 spiro atoms. The average Bonchev–Trinajstić information content (AvgIpc) is 2.16. The minimum Gasteiger partial charge on any atom is -0.463 e. The Hall–Kier alpha value is -1.56. The lowest BCUT2D eigenvalue weighted by molar-refractivity contribution is -0.138. The van der Waals surface area contributed by atoms with Crippen LogP contribution in [0.15, 0.2) is 12.2 Å². The molecule has 6 heteroatoms. The molecule has 0 unspecified atom stereocenters. The Labute approximate surface area is 88.4 Å². The van der Waals surface area contributed by atoms with Crippen LogP contribution in [0.25, 0.3) is 0 Å². The maximum Gasteiger partial charge on any atom is 0.404 e. The second-order valence-corrected chi connectivity index (χ2v) is 2.67. The first-order chi connectivity index (χ1) is 7.07. The fourth-order valence-electron chi connectivity index (χ4n) is 0.768. The van der Waals surface area contributed by atoms with Gasteiger partial charge in [0.15, 0.2) is 0 Å². The fraction of sp³-hybridized carbons (Fsp3) is 0.556. The van der Waals surface area contributed by atoms with Gasteiger partial charge in [-0.25, -0.2) is 9.59 Å². The zero-order chi connectivity index (χ0) is 11.7. The summed E-state index contributed by atoms with van der Waals surface area (Å²) in [7, 11) is 0. The van der Waals surface area contributed by atoms with Gasteiger partial charge in [-0.05, 0) is 6.92 Å². The highest BCUT2D eigenvalue weighted by Gasteiger charge is 2.06. The summed E-state index contributed by atoms with van der Waals surface area (Å²) in [5.74, 6) is -0.430. The Bertz CT molecular complexity index is 240. The van der Waals surface area contributed by atoms with Gasteiger partial charge in [0.2, 0.25) is 0 Å². The van der Waals surface area contributed by atoms with Crippen molar-refractivity contribution in [3.05, 3.63) is 12.2 Å². The van der Waals surface area contributed by atoms with Crippen molar-refractivity contribution in [2.45, 2.75) is 6.92 Å². The van der Waals surface area contributed by atoms with Crippen LogP contribution in [-0.4, -0.2) is 38.4 Å². The highest BCUT2D eigenvalue weighted by Crippen LogP contribution is 1.92. The summed E-state index contributed by atoms with van der Waals surface area (Å²) >= 11 is 0. The molecule has 86 valence electrons. The van der Waals surface area contributed by atoms with E-state index < -0.39 is 12.1 Å². The molecule has 0 aromatic heterocycles. The maximum atomic E-state index is 11.0. The van der Waals surface area contributed by atoms with E-state index in [4.69, 9.17) is 10.5 Å². The zero-order valence-corrected chi connectivity index (χ0v) is 8.75. The van der Waals surface area contributed by atoms with E-state index in [9.17, 15) is 9.59 Å². The topological polar surface area (TPSA) is 90.6 Å². The third-order valence-electron chi connectivity index (χ3n) is 1.43. The van der Waals surface area contributed by atoms with E-state index in [0.29, 0.717) is 25.3 Å². The number of ether oxygens (including phenoxy) is 2. The molecule has 1 amide bonds. The Morgan fingerprint density at radius 2 is 2.07 bits per heavy atom. The van der Waals surface area contributed by atoms with Crippen LogP contribution in [0.2, 0.25) is 0 Å². The summed E-state index contributed by atoms with van der Waals surface area (Å²) in [5.41, 5.74) is 5.07. The third kappa shape index (κ3) is 7.51. The molecule has 0 saturated carbocycles. The number of amides is 1. The maximum absolute atomic E-state index is 11.0. The van der Waals surface area contributed by atoms with Gasteiger partial charge in [-0.1, -0.05) is 6.58 Å². The highest BCUT2D eigenvalue weighted by molar-refractivity contribution is 5.88. The molecule has 0 heterocycles. The molecule has 6 nitrogen and oxygen atoms in total. The van der Waals surface area contributed by atoms with Crippen molar-refractivity contribution in [3.63, 3.8) is 0 Å². The van der Waals surface area contributed by atoms with E-state index in [-0.39, 0.29) is 6.61 Å². The summed E-state index contributed by atoms with van der Waals surface area (Å²) in [5, 5.41) is 2.85. The Morgan fingerprint density at radius 1 is 1.40 bits per heavy atom. The molecule has 0 bridgehead atoms. The number of primary amides is 1. The van der Waals surface area contributed by atoms with Crippen molar-refractivity contribution >= 4 is 12.1 Å². The van der Waals surface area contributed by atoms with Crippen molar-refractivity contribution in [2.24, 2.45) is 5.73 Å². The van der Waals surface area contributed by atoms with Crippen molar-refractivity contribution in [3.8, 4) is 0 Å². The largest absolute Gasteiger partial charge is 0.463 e. The number of hydrogen-bond donors (Lipinski definition) is 2. The quantitative estimate of drug-likeness (QED) is 0.349. The summed E-state index contributed by atoms with van der Waals surface area (Å²) in [6, 6.07) is 0. The second kappa shape index (κ2) is 7.81. The molecule has 0 saturated heterocycles. The molecule has 0 atom stereocenters. The predicted octanol–water partition coefficient (Wildman–Crippen LogP) is -0.209. The summed E-state index contributed by atoms with van der Waals surface area (Å²) in [6.07, 6.45) is -0.819. The fourth-order valence-corrected chi connectivity index (χ4v) is 0.768. The summed E-state index contributed by atoms with van der Waals surface area (Å²) in [4.78, 5) is 21.2. The van der Waals surface area contributed by atoms with E-state index in [2.05, 4.69) is 16.6 Å². The first-order valence-corrected chi connectivity index (χ1v) is 4.55. The standard InChI is InChI=1S/C9H16N2O4/c1-3-14-8(12)7(2)6-11-4-5-15-9(10)13/h11H,2-6H2,1H3,(H2,10,13). The molecule has 0 aliphatic carbocycles. The minimum atomic E-state index is -0.819. The van der Waals surface area contributed by atoms with E-state index >= 15 is 0 Å². The van der Waals surface area contributed by atoms with Crippen LogP contribution in [0.4, 0.5) is 4.79 Å². The summed E-state index contributed by atoms with van der Waals surface area (Å²) in [6.45, 7) is 6.44. The predicted molar refractivity (Wildman–Crippen MR) is 54.2 cm³/mol. The Morgan fingerprint density at radius 3 is 2.60 bits per heavy atom. The normalized spacial score (nSPS) is 9.40. The van der Waals surface area contributed by atoms with Crippen LogP contribution in [0.1, 0.15) is 6.92 Å². The molecule has 0 radical (unpaired) electrons. The molecule has 3 N–H and O–H groups in total. The molecular formula is C9H16N2O4. The van der Waals surface area contributed by atoms with Crippen molar-refractivity contribution < 1.29 is 19.1 Å². The number of carbonyl (C=O) groups is 2. The highest BCUT2D eigenvalue weighted by atomic mass is 16.5. The van der Waals surface area contributed by atoms with Crippen LogP contribution in [-0.2, 0) is 14.3 Å². The van der Waals surface area contributed by atoms with Crippen LogP contribution in [0.5, 0.6) is 0 Å². The number of nitrogens with two attached hydrogens (primary N) is 1. The average molecular weight is 216 g/mol. The van der Waals surface area contributed by atoms with Gasteiger partial charge in [0.25, 0.3) is 0 Å². The molecule has 0 aromatic carbocycles. The monoisotopic (exact) mass is 216 g/mol. The van der Waals surface area contributed by atoms with Gasteiger partial charge in [-0.3, -0.25) is 0 Å². The second-order valence-electron chi connectivity index (χ2n) is 2.67. The van der Waals surface area contributed by atoms with Crippen LogP contribution < -0.4 is 11.1 Å². The molecular weight excluding hydrogens is 200 g/mol. The smallest absolute Gasteiger partial charge is 0.404 e. The number of carbonyl (C=O) groups excluding carboxylic acids is 2. The first-order valence-electron chi connectivity index (χ1n) is 4.55. The van der Waals surface area contributed by atoms with Crippen LogP contribution in [0, 0.1) is 0 Å². The van der Waals surface area contributed by atoms with Gasteiger partial charge in [-0.2, -0.15) is 0 Å². The van der Waals surface area contributed by atoms with Crippen molar-refractivity contribution in [2.75, 3.05) is 26.3 Å². The van der Waals surface area contributed by atoms with Crippen molar-refractivity contribution in [1.82, 2.24) is 5.32 Å². The van der Waals surface area contributed by atoms with E-state index in [1.54, 1.807) is 6.92 Å². The number of rotatable bonds is 7. The zero-order valence-electron chi connectivity index (χ0n) is 8.75. The Kier molecular flexibility index (Phi) is 7.00. The summed E-state index contributed by atoms with van der Waals surface area (Å²) < 4.78 is 9.18. The SMILES string of the molecule is C=C(CNCCOC(N)=O)C(=O)OCC. The van der Waals surface area contributed by atoms with Gasteiger partial charge in [-0.15, -0.1) is 0 Å².